The van der Waals surface area contributed by atoms with Crippen molar-refractivity contribution < 1.29 is 4.79 Å². The van der Waals surface area contributed by atoms with Gasteiger partial charge in [0.1, 0.15) is 0 Å². The van der Waals surface area contributed by atoms with Gasteiger partial charge in [0, 0.05) is 24.9 Å². The molecule has 0 saturated carbocycles. The van der Waals surface area contributed by atoms with Gasteiger partial charge in [-0.25, -0.2) is 9.80 Å². The predicted octanol–water partition coefficient (Wildman–Crippen LogP) is 0.532. The van der Waals surface area contributed by atoms with Crippen LogP contribution < -0.4 is 5.73 Å². The predicted molar refractivity (Wildman–Crippen MR) is 38.1 cm³/mol. The van der Waals surface area contributed by atoms with Crippen LogP contribution in [0, 0.1) is 0 Å². The first-order valence-electron chi connectivity index (χ1n) is 3.22. The van der Waals surface area contributed by atoms with E-state index in [9.17, 15) is 4.79 Å². The van der Waals surface area contributed by atoms with E-state index in [1.807, 2.05) is 0 Å². The highest BCUT2D eigenvalue weighted by atomic mass is 35.5. The molecule has 0 radical (unpaired) electrons. The fourth-order valence-corrected chi connectivity index (χ4v) is 1.22. The molecule has 2 amide bonds. The van der Waals surface area contributed by atoms with E-state index in [1.165, 1.54) is 9.54 Å². The van der Waals surface area contributed by atoms with Crippen molar-refractivity contribution in [1.29, 1.82) is 0 Å². The van der Waals surface area contributed by atoms with Gasteiger partial charge in [0.05, 0.1) is 0 Å². The van der Waals surface area contributed by atoms with Crippen LogP contribution in [0.3, 0.4) is 0 Å². The highest BCUT2D eigenvalue weighted by Gasteiger charge is 2.20. The summed E-state index contributed by atoms with van der Waals surface area (Å²) in [7, 11) is 0. The molecule has 0 atom stereocenters. The molecule has 1 rings (SSSR count). The molecule has 1 fully saturated rings. The van der Waals surface area contributed by atoms with E-state index in [2.05, 4.69) is 0 Å². The van der Waals surface area contributed by atoms with Gasteiger partial charge in [-0.2, -0.15) is 0 Å². The largest absolute Gasteiger partial charge is 0.350 e. The highest BCUT2D eigenvalue weighted by Crippen LogP contribution is 2.11. The minimum atomic E-state index is -0.477. The number of amides is 2. The molecule has 10 heavy (non-hydrogen) atoms. The van der Waals surface area contributed by atoms with Gasteiger partial charge in [0.15, 0.2) is 0 Å². The summed E-state index contributed by atoms with van der Waals surface area (Å²) in [5, 5.41) is 1.34. The Labute approximate surface area is 64.6 Å². The number of carbonyl (C=O) groups excluding carboxylic acids is 1. The lowest BCUT2D eigenvalue weighted by molar-refractivity contribution is 0.0731. The van der Waals surface area contributed by atoms with Crippen molar-refractivity contribution in [1.82, 2.24) is 9.54 Å². The van der Waals surface area contributed by atoms with Gasteiger partial charge < -0.3 is 5.73 Å². The number of hydrogen-bond donors (Lipinski definition) is 1. The maximum Gasteiger partial charge on any atom is 0.330 e. The minimum absolute atomic E-state index is 0.477. The maximum absolute atomic E-state index is 10.6. The number of carbonyl (C=O) groups is 1. The molecule has 0 bridgehead atoms. The Morgan fingerprint density at radius 2 is 2.00 bits per heavy atom. The average Bonchev–Trinajstić information content (AvgIpc) is 1.88. The monoisotopic (exact) mass is 163 g/mol. The zero-order chi connectivity index (χ0) is 7.56. The number of rotatable bonds is 0. The van der Waals surface area contributed by atoms with Crippen molar-refractivity contribution in [2.24, 2.45) is 5.73 Å². The molecule has 2 N–H and O–H groups in total. The number of urea groups is 1. The third kappa shape index (κ3) is 1.52. The first-order valence-corrected chi connectivity index (χ1v) is 3.56. The Bertz CT molecular complexity index is 141. The second-order valence-corrected chi connectivity index (χ2v) is 2.62. The number of primary amides is 1. The Morgan fingerprint density at radius 1 is 1.40 bits per heavy atom. The van der Waals surface area contributed by atoms with Crippen LogP contribution in [0.1, 0.15) is 12.8 Å². The standard InChI is InChI=1S/C5H10ClN3O/c6-9-4-2-1-3-8(9)5(7)10/h1-4H2,(H2,7,10). The van der Waals surface area contributed by atoms with E-state index in [4.69, 9.17) is 17.5 Å². The molecule has 1 aliphatic heterocycles. The Kier molecular flexibility index (Phi) is 2.34. The van der Waals surface area contributed by atoms with Crippen LogP contribution in [0.2, 0.25) is 0 Å². The fraction of sp³-hybridized carbons (Fsp3) is 0.800. The number of hydrogen-bond acceptors (Lipinski definition) is 2. The lowest BCUT2D eigenvalue weighted by Crippen LogP contribution is -2.47. The van der Waals surface area contributed by atoms with E-state index < -0.39 is 6.03 Å². The topological polar surface area (TPSA) is 49.6 Å². The normalized spacial score (nSPS) is 21.1. The molecule has 1 heterocycles. The molecule has 4 nitrogen and oxygen atoms in total. The van der Waals surface area contributed by atoms with Crippen LogP contribution in [-0.2, 0) is 0 Å². The molecule has 0 aromatic carbocycles. The maximum atomic E-state index is 10.6. The van der Waals surface area contributed by atoms with Gasteiger partial charge in [-0.3, -0.25) is 0 Å². The third-order valence-electron chi connectivity index (χ3n) is 1.48. The van der Waals surface area contributed by atoms with Crippen molar-refractivity contribution in [3.63, 3.8) is 0 Å². The molecular weight excluding hydrogens is 154 g/mol. The summed E-state index contributed by atoms with van der Waals surface area (Å²) >= 11 is 5.64. The summed E-state index contributed by atoms with van der Waals surface area (Å²) in [6.07, 6.45) is 2.00. The molecule has 1 saturated heterocycles. The van der Waals surface area contributed by atoms with Gasteiger partial charge >= 0.3 is 6.03 Å². The summed E-state index contributed by atoms with van der Waals surface area (Å²) in [5.41, 5.74) is 5.02. The van der Waals surface area contributed by atoms with Gasteiger partial charge in [-0.15, -0.1) is 4.53 Å². The van der Waals surface area contributed by atoms with Crippen LogP contribution in [0.25, 0.3) is 0 Å². The molecule has 0 unspecified atom stereocenters. The summed E-state index contributed by atoms with van der Waals surface area (Å²) in [4.78, 5) is 10.6. The molecule has 0 spiro atoms. The van der Waals surface area contributed by atoms with Crippen LogP contribution in [0.4, 0.5) is 4.79 Å². The zero-order valence-corrected chi connectivity index (χ0v) is 6.34. The van der Waals surface area contributed by atoms with Crippen molar-refractivity contribution in [3.8, 4) is 0 Å². The number of halogens is 1. The summed E-state index contributed by atoms with van der Waals surface area (Å²) in [6, 6.07) is -0.477. The van der Waals surface area contributed by atoms with Crippen LogP contribution in [0.15, 0.2) is 0 Å². The quantitative estimate of drug-likeness (QED) is 0.530. The first-order chi connectivity index (χ1) is 4.72. The van der Waals surface area contributed by atoms with Crippen LogP contribution in [-0.4, -0.2) is 28.7 Å². The van der Waals surface area contributed by atoms with Gasteiger partial charge in [-0.05, 0) is 12.8 Å². The Balaban J connectivity index is 2.47. The molecule has 0 aromatic rings. The fourth-order valence-electron chi connectivity index (χ4n) is 0.950. The minimum Gasteiger partial charge on any atom is -0.350 e. The Hall–Kier alpha value is -0.480. The van der Waals surface area contributed by atoms with Crippen molar-refractivity contribution in [3.05, 3.63) is 0 Å². The van der Waals surface area contributed by atoms with Crippen molar-refractivity contribution >= 4 is 17.8 Å². The second-order valence-electron chi connectivity index (χ2n) is 2.23. The summed E-state index contributed by atoms with van der Waals surface area (Å²) in [5.74, 6) is 0. The summed E-state index contributed by atoms with van der Waals surface area (Å²) in [6.45, 7) is 1.34. The van der Waals surface area contributed by atoms with E-state index >= 15 is 0 Å². The SMILES string of the molecule is NC(=O)N1CCCCN1Cl. The van der Waals surface area contributed by atoms with Gasteiger partial charge in [0.2, 0.25) is 0 Å². The third-order valence-corrected chi connectivity index (χ3v) is 1.83. The molecule has 0 aromatic heterocycles. The molecule has 1 aliphatic rings. The molecule has 5 heteroatoms. The number of nitrogens with two attached hydrogens (primary N) is 1. The number of hydrazine groups is 1. The van der Waals surface area contributed by atoms with Gasteiger partial charge in [-0.1, -0.05) is 0 Å². The summed E-state index contributed by atoms with van der Waals surface area (Å²) < 4.78 is 1.34. The lowest BCUT2D eigenvalue weighted by Gasteiger charge is -2.31. The lowest BCUT2D eigenvalue weighted by atomic mass is 10.3. The van der Waals surface area contributed by atoms with E-state index in [1.54, 1.807) is 0 Å². The average molecular weight is 164 g/mol. The number of nitrogens with zero attached hydrogens (tertiary/aromatic N) is 2. The van der Waals surface area contributed by atoms with E-state index in [0.717, 1.165) is 12.8 Å². The Morgan fingerprint density at radius 3 is 2.40 bits per heavy atom. The van der Waals surface area contributed by atoms with E-state index in [-0.39, 0.29) is 0 Å². The highest BCUT2D eigenvalue weighted by molar-refractivity contribution is 6.13. The van der Waals surface area contributed by atoms with Crippen molar-refractivity contribution in [2.75, 3.05) is 13.1 Å². The van der Waals surface area contributed by atoms with Gasteiger partial charge in [0.25, 0.3) is 0 Å². The van der Waals surface area contributed by atoms with Crippen LogP contribution >= 0.6 is 11.8 Å². The van der Waals surface area contributed by atoms with Crippen molar-refractivity contribution in [2.45, 2.75) is 12.8 Å². The van der Waals surface area contributed by atoms with E-state index in [0.29, 0.717) is 13.1 Å². The second kappa shape index (κ2) is 3.07. The zero-order valence-electron chi connectivity index (χ0n) is 5.59. The smallest absolute Gasteiger partial charge is 0.330 e. The molecular formula is C5H10ClN3O. The first kappa shape index (κ1) is 7.63. The molecule has 58 valence electrons. The molecule has 0 aliphatic carbocycles. The van der Waals surface area contributed by atoms with Crippen LogP contribution in [0.5, 0.6) is 0 Å².